The van der Waals surface area contributed by atoms with Crippen LogP contribution in [-0.4, -0.2) is 77.8 Å². The molecule has 3 heterocycles. The van der Waals surface area contributed by atoms with Gasteiger partial charge in [-0.15, -0.1) is 6.58 Å². The van der Waals surface area contributed by atoms with Crippen LogP contribution in [0.15, 0.2) is 19.0 Å². The summed E-state index contributed by atoms with van der Waals surface area (Å²) in [6.45, 7) is 12.7. The molecule has 0 aliphatic carbocycles. The number of piperazine rings is 1. The molecular formula is C17H26N6O3. The maximum Gasteiger partial charge on any atom is 0.353 e. The van der Waals surface area contributed by atoms with Crippen LogP contribution in [0, 0.1) is 10.1 Å². The molecule has 1 aromatic rings. The van der Waals surface area contributed by atoms with Crippen molar-refractivity contribution in [2.24, 2.45) is 0 Å². The second-order valence-corrected chi connectivity index (χ2v) is 6.87. The van der Waals surface area contributed by atoms with Crippen LogP contribution in [0.3, 0.4) is 0 Å². The Kier molecular flexibility index (Phi) is 5.67. The van der Waals surface area contributed by atoms with E-state index in [0.717, 1.165) is 19.6 Å². The van der Waals surface area contributed by atoms with E-state index in [4.69, 9.17) is 4.74 Å². The molecule has 2 unspecified atom stereocenters. The van der Waals surface area contributed by atoms with E-state index in [1.807, 2.05) is 29.7 Å². The van der Waals surface area contributed by atoms with Gasteiger partial charge in [0, 0.05) is 45.8 Å². The lowest BCUT2D eigenvalue weighted by molar-refractivity contribution is -0.383. The van der Waals surface area contributed by atoms with Gasteiger partial charge in [-0.05, 0) is 13.8 Å². The normalized spacial score (nSPS) is 24.5. The van der Waals surface area contributed by atoms with E-state index < -0.39 is 0 Å². The number of ether oxygens (including phenoxy) is 1. The third kappa shape index (κ3) is 3.94. The summed E-state index contributed by atoms with van der Waals surface area (Å²) in [7, 11) is 0. The van der Waals surface area contributed by atoms with Crippen LogP contribution < -0.4 is 9.80 Å². The highest BCUT2D eigenvalue weighted by Gasteiger charge is 2.34. The first kappa shape index (κ1) is 18.5. The number of hydrogen-bond donors (Lipinski definition) is 0. The maximum absolute atomic E-state index is 11.9. The third-order valence-corrected chi connectivity index (χ3v) is 4.74. The van der Waals surface area contributed by atoms with Crippen molar-refractivity contribution in [1.29, 1.82) is 0 Å². The molecule has 3 rings (SSSR count). The van der Waals surface area contributed by atoms with Crippen LogP contribution >= 0.6 is 0 Å². The van der Waals surface area contributed by atoms with Crippen LogP contribution in [0.4, 0.5) is 17.3 Å². The van der Waals surface area contributed by atoms with Crippen molar-refractivity contribution >= 4 is 17.3 Å². The molecule has 0 saturated carbocycles. The minimum absolute atomic E-state index is 0.000724. The molecule has 0 amide bonds. The van der Waals surface area contributed by atoms with Crippen LogP contribution in [0.25, 0.3) is 0 Å². The molecule has 142 valence electrons. The van der Waals surface area contributed by atoms with E-state index >= 15 is 0 Å². The van der Waals surface area contributed by atoms with E-state index in [1.54, 1.807) is 0 Å². The summed E-state index contributed by atoms with van der Waals surface area (Å²) in [5, 5.41) is 11.9. The molecule has 0 aromatic carbocycles. The standard InChI is InChI=1S/C17H26N6O3/c1-4-5-20-6-8-21(9-7-20)16-15(23(24)25)17(19-12-18-16)22-10-13(2)26-14(3)11-22/h4,12-14H,1,5-11H2,2-3H3. The number of anilines is 2. The van der Waals surface area contributed by atoms with Gasteiger partial charge in [0.1, 0.15) is 6.33 Å². The molecular weight excluding hydrogens is 336 g/mol. The Morgan fingerprint density at radius 3 is 2.31 bits per heavy atom. The first-order chi connectivity index (χ1) is 12.5. The fraction of sp³-hybridized carbons (Fsp3) is 0.647. The summed E-state index contributed by atoms with van der Waals surface area (Å²) in [6, 6.07) is 0. The topological polar surface area (TPSA) is 87.9 Å². The van der Waals surface area contributed by atoms with Gasteiger partial charge in [-0.25, -0.2) is 9.97 Å². The molecule has 0 bridgehead atoms. The maximum atomic E-state index is 11.9. The zero-order valence-electron chi connectivity index (χ0n) is 15.4. The first-order valence-electron chi connectivity index (χ1n) is 8.97. The van der Waals surface area contributed by atoms with Gasteiger partial charge in [0.15, 0.2) is 0 Å². The molecule has 2 aliphatic rings. The van der Waals surface area contributed by atoms with Crippen LogP contribution in [-0.2, 0) is 4.74 Å². The largest absolute Gasteiger partial charge is 0.372 e. The molecule has 2 aliphatic heterocycles. The summed E-state index contributed by atoms with van der Waals surface area (Å²) in [5.74, 6) is 0.792. The highest BCUT2D eigenvalue weighted by Crippen LogP contribution is 2.35. The number of hydrogen-bond acceptors (Lipinski definition) is 8. The van der Waals surface area contributed by atoms with Crippen molar-refractivity contribution in [1.82, 2.24) is 14.9 Å². The minimum atomic E-state index is -0.356. The van der Waals surface area contributed by atoms with E-state index in [1.165, 1.54) is 6.33 Å². The molecule has 0 N–H and O–H groups in total. The van der Waals surface area contributed by atoms with Gasteiger partial charge in [-0.2, -0.15) is 0 Å². The van der Waals surface area contributed by atoms with E-state index in [2.05, 4.69) is 21.4 Å². The Hall–Kier alpha value is -2.26. The zero-order valence-corrected chi connectivity index (χ0v) is 15.4. The summed E-state index contributed by atoms with van der Waals surface area (Å²) in [6.07, 6.45) is 3.30. The van der Waals surface area contributed by atoms with E-state index in [0.29, 0.717) is 37.8 Å². The lowest BCUT2D eigenvalue weighted by Gasteiger charge is -2.37. The molecule has 1 aromatic heterocycles. The van der Waals surface area contributed by atoms with Crippen LogP contribution in [0.2, 0.25) is 0 Å². The highest BCUT2D eigenvalue weighted by atomic mass is 16.6. The van der Waals surface area contributed by atoms with Crippen molar-refractivity contribution in [3.8, 4) is 0 Å². The average Bonchev–Trinajstić information content (AvgIpc) is 2.61. The fourth-order valence-electron chi connectivity index (χ4n) is 3.66. The quantitative estimate of drug-likeness (QED) is 0.440. The third-order valence-electron chi connectivity index (χ3n) is 4.74. The molecule has 2 atom stereocenters. The molecule has 2 fully saturated rings. The average molecular weight is 362 g/mol. The number of nitrogens with zero attached hydrogens (tertiary/aromatic N) is 6. The Bertz CT molecular complexity index is 652. The lowest BCUT2D eigenvalue weighted by Crippen LogP contribution is -2.47. The van der Waals surface area contributed by atoms with Crippen LogP contribution in [0.5, 0.6) is 0 Å². The second-order valence-electron chi connectivity index (χ2n) is 6.87. The zero-order chi connectivity index (χ0) is 18.7. The Labute approximate surface area is 153 Å². The Balaban J connectivity index is 1.87. The van der Waals surface area contributed by atoms with Gasteiger partial charge >= 0.3 is 5.69 Å². The SMILES string of the molecule is C=CCN1CCN(c2ncnc(N3CC(C)OC(C)C3)c2[N+](=O)[O-])CC1. The predicted molar refractivity (Wildman–Crippen MR) is 99.8 cm³/mol. The Morgan fingerprint density at radius 2 is 1.77 bits per heavy atom. The molecule has 0 radical (unpaired) electrons. The van der Waals surface area contributed by atoms with E-state index in [9.17, 15) is 10.1 Å². The van der Waals surface area contributed by atoms with Crippen molar-refractivity contribution < 1.29 is 9.66 Å². The summed E-state index contributed by atoms with van der Waals surface area (Å²) in [4.78, 5) is 26.2. The summed E-state index contributed by atoms with van der Waals surface area (Å²) >= 11 is 0. The van der Waals surface area contributed by atoms with Gasteiger partial charge in [-0.1, -0.05) is 6.08 Å². The lowest BCUT2D eigenvalue weighted by atomic mass is 10.2. The van der Waals surface area contributed by atoms with Crippen molar-refractivity contribution in [3.63, 3.8) is 0 Å². The molecule has 9 heteroatoms. The van der Waals surface area contributed by atoms with Gasteiger partial charge in [0.05, 0.1) is 17.1 Å². The van der Waals surface area contributed by atoms with Gasteiger partial charge in [-0.3, -0.25) is 15.0 Å². The highest BCUT2D eigenvalue weighted by molar-refractivity contribution is 5.71. The number of rotatable bonds is 5. The number of morpholine rings is 1. The second kappa shape index (κ2) is 7.96. The monoisotopic (exact) mass is 362 g/mol. The number of aromatic nitrogens is 2. The smallest absolute Gasteiger partial charge is 0.353 e. The summed E-state index contributed by atoms with van der Waals surface area (Å²) in [5.41, 5.74) is -0.00836. The minimum Gasteiger partial charge on any atom is -0.372 e. The van der Waals surface area contributed by atoms with E-state index in [-0.39, 0.29) is 22.8 Å². The van der Waals surface area contributed by atoms with Crippen molar-refractivity contribution in [3.05, 3.63) is 29.1 Å². The van der Waals surface area contributed by atoms with Gasteiger partial charge in [0.2, 0.25) is 11.6 Å². The summed E-state index contributed by atoms with van der Waals surface area (Å²) < 4.78 is 5.74. The molecule has 9 nitrogen and oxygen atoms in total. The van der Waals surface area contributed by atoms with Crippen molar-refractivity contribution in [2.75, 3.05) is 55.6 Å². The number of nitro groups is 1. The van der Waals surface area contributed by atoms with Crippen LogP contribution in [0.1, 0.15) is 13.8 Å². The molecule has 2 saturated heterocycles. The molecule has 26 heavy (non-hydrogen) atoms. The molecule has 0 spiro atoms. The first-order valence-corrected chi connectivity index (χ1v) is 8.97. The predicted octanol–water partition coefficient (Wildman–Crippen LogP) is 1.31. The fourth-order valence-corrected chi connectivity index (χ4v) is 3.66. The Morgan fingerprint density at radius 1 is 1.19 bits per heavy atom. The van der Waals surface area contributed by atoms with Gasteiger partial charge < -0.3 is 14.5 Å². The van der Waals surface area contributed by atoms with Gasteiger partial charge in [0.25, 0.3) is 0 Å². The van der Waals surface area contributed by atoms with Crippen molar-refractivity contribution in [2.45, 2.75) is 26.1 Å².